The van der Waals surface area contributed by atoms with E-state index in [1.54, 1.807) is 7.05 Å². The number of halogens is 4. The van der Waals surface area contributed by atoms with E-state index in [9.17, 15) is 22.8 Å². The van der Waals surface area contributed by atoms with Crippen LogP contribution >= 0.6 is 11.6 Å². The van der Waals surface area contributed by atoms with Crippen LogP contribution in [-0.2, 0) is 20.6 Å². The minimum atomic E-state index is -4.62. The lowest BCUT2D eigenvalue weighted by molar-refractivity contribution is -0.170. The number of anilines is 1. The van der Waals surface area contributed by atoms with Crippen LogP contribution in [0.4, 0.5) is 19.0 Å². The van der Waals surface area contributed by atoms with Gasteiger partial charge < -0.3 is 0 Å². The molecule has 3 atom stereocenters. The molecule has 3 unspecified atom stereocenters. The highest BCUT2D eigenvalue weighted by molar-refractivity contribution is 6.33. The van der Waals surface area contributed by atoms with Crippen molar-refractivity contribution < 1.29 is 27.6 Å². The smallest absolute Gasteiger partial charge is 0.284 e. The highest BCUT2D eigenvalue weighted by Crippen LogP contribution is 2.44. The number of rotatable bonds is 3. The molecule has 4 rings (SSSR count). The average molecular weight is 441 g/mol. The maximum Gasteiger partial charge on any atom is 0.417 e. The second-order valence-electron chi connectivity index (χ2n) is 6.99. The topological polar surface area (TPSA) is 66.0 Å². The normalized spacial score (nSPS) is 24.5. The number of hydrogen-bond acceptors (Lipinski definition) is 6. The van der Waals surface area contributed by atoms with Crippen LogP contribution in [-0.4, -0.2) is 47.1 Å². The first-order chi connectivity index (χ1) is 14.1. The fourth-order valence-electron chi connectivity index (χ4n) is 3.82. The second kappa shape index (κ2) is 7.22. The molecule has 2 aromatic rings. The zero-order valence-corrected chi connectivity index (χ0v) is 16.6. The van der Waals surface area contributed by atoms with Gasteiger partial charge in [0.05, 0.1) is 22.5 Å². The predicted molar refractivity (Wildman–Crippen MR) is 99.8 cm³/mol. The van der Waals surface area contributed by atoms with Gasteiger partial charge >= 0.3 is 6.18 Å². The number of aromatic nitrogens is 1. The van der Waals surface area contributed by atoms with Gasteiger partial charge in [0.2, 0.25) is 0 Å². The number of carbonyl (C=O) groups is 2. The van der Waals surface area contributed by atoms with Crippen molar-refractivity contribution in [3.05, 3.63) is 58.7 Å². The molecule has 0 N–H and O–H groups in total. The zero-order valence-electron chi connectivity index (χ0n) is 15.8. The summed E-state index contributed by atoms with van der Waals surface area (Å²) in [5.41, 5.74) is -0.237. The Kier molecular flexibility index (Phi) is 4.95. The van der Waals surface area contributed by atoms with Gasteiger partial charge in [-0.05, 0) is 11.6 Å². The molecule has 11 heteroatoms. The summed E-state index contributed by atoms with van der Waals surface area (Å²) < 4.78 is 38.6. The fourth-order valence-corrected chi connectivity index (χ4v) is 4.11. The second-order valence-corrected chi connectivity index (χ2v) is 7.40. The van der Waals surface area contributed by atoms with Gasteiger partial charge in [0.15, 0.2) is 11.9 Å². The van der Waals surface area contributed by atoms with Gasteiger partial charge in [-0.1, -0.05) is 41.9 Å². The van der Waals surface area contributed by atoms with Crippen molar-refractivity contribution in [3.8, 4) is 0 Å². The third-order valence-electron chi connectivity index (χ3n) is 5.18. The van der Waals surface area contributed by atoms with Crippen molar-refractivity contribution in [2.24, 2.45) is 5.92 Å². The number of hydrazine groups is 1. The molecule has 30 heavy (non-hydrogen) atoms. The molecule has 2 fully saturated rings. The van der Waals surface area contributed by atoms with Crippen LogP contribution in [0.5, 0.6) is 0 Å². The Hall–Kier alpha value is -2.69. The summed E-state index contributed by atoms with van der Waals surface area (Å²) in [6.07, 6.45) is -5.07. The summed E-state index contributed by atoms with van der Waals surface area (Å²) in [5, 5.41) is 3.00. The molecule has 0 spiro atoms. The Morgan fingerprint density at radius 3 is 2.43 bits per heavy atom. The number of carbonyl (C=O) groups excluding carboxylic acids is 2. The molecule has 3 heterocycles. The standard InChI is InChI=1S/C19H16ClF3N4O3/c1-25(16-12(20)8-11(9-24-16)19(21,22)23)27-17(28)13-14(10-6-4-3-5-7-10)26(2)30-15(13)18(27)29/h3-9,13-15H,1-2H3. The average Bonchev–Trinajstić information content (AvgIpc) is 3.15. The van der Waals surface area contributed by atoms with Gasteiger partial charge in [-0.2, -0.15) is 23.2 Å². The summed E-state index contributed by atoms with van der Waals surface area (Å²) >= 11 is 5.98. The Morgan fingerprint density at radius 1 is 1.17 bits per heavy atom. The number of hydrogen-bond donors (Lipinski definition) is 0. The lowest BCUT2D eigenvalue weighted by atomic mass is 9.91. The van der Waals surface area contributed by atoms with Crippen LogP contribution in [0.2, 0.25) is 5.02 Å². The number of alkyl halides is 3. The molecule has 2 amide bonds. The number of fused-ring (bicyclic) bond motifs is 1. The molecule has 0 bridgehead atoms. The largest absolute Gasteiger partial charge is 0.417 e. The molecule has 0 aliphatic carbocycles. The number of hydroxylamine groups is 2. The summed E-state index contributed by atoms with van der Waals surface area (Å²) in [5.74, 6) is -2.17. The lowest BCUT2D eigenvalue weighted by Crippen LogP contribution is -2.47. The van der Waals surface area contributed by atoms with Crippen molar-refractivity contribution in [3.63, 3.8) is 0 Å². The summed E-state index contributed by atoms with van der Waals surface area (Å²) in [4.78, 5) is 35.5. The van der Waals surface area contributed by atoms with Crippen LogP contribution in [0, 0.1) is 5.92 Å². The molecular weight excluding hydrogens is 425 g/mol. The van der Waals surface area contributed by atoms with Crippen LogP contribution in [0.15, 0.2) is 42.6 Å². The van der Waals surface area contributed by atoms with Crippen LogP contribution in [0.1, 0.15) is 17.2 Å². The zero-order chi connectivity index (χ0) is 21.8. The predicted octanol–water partition coefficient (Wildman–Crippen LogP) is 3.08. The minimum absolute atomic E-state index is 0.157. The number of nitrogens with zero attached hydrogens (tertiary/aromatic N) is 4. The number of amides is 2. The first kappa shape index (κ1) is 20.6. The van der Waals surface area contributed by atoms with Crippen molar-refractivity contribution in [2.45, 2.75) is 18.3 Å². The number of benzene rings is 1. The van der Waals surface area contributed by atoms with E-state index in [-0.39, 0.29) is 10.8 Å². The van der Waals surface area contributed by atoms with E-state index in [1.807, 2.05) is 30.3 Å². The molecule has 0 saturated carbocycles. The van der Waals surface area contributed by atoms with Crippen LogP contribution in [0.25, 0.3) is 0 Å². The maximum atomic E-state index is 13.2. The van der Waals surface area contributed by atoms with Crippen molar-refractivity contribution in [2.75, 3.05) is 19.1 Å². The van der Waals surface area contributed by atoms with Crippen molar-refractivity contribution in [1.29, 1.82) is 0 Å². The quantitative estimate of drug-likeness (QED) is 0.683. The Labute approximate surface area is 174 Å². The molecule has 1 aromatic carbocycles. The highest BCUT2D eigenvalue weighted by atomic mass is 35.5. The molecule has 2 saturated heterocycles. The van der Waals surface area contributed by atoms with Gasteiger partial charge in [0.25, 0.3) is 11.8 Å². The minimum Gasteiger partial charge on any atom is -0.284 e. The highest BCUT2D eigenvalue weighted by Gasteiger charge is 2.60. The van der Waals surface area contributed by atoms with Gasteiger partial charge in [0, 0.05) is 20.3 Å². The first-order valence-corrected chi connectivity index (χ1v) is 9.28. The van der Waals surface area contributed by atoms with Crippen molar-refractivity contribution >= 4 is 29.2 Å². The van der Waals surface area contributed by atoms with E-state index in [0.29, 0.717) is 12.3 Å². The Morgan fingerprint density at radius 2 is 1.83 bits per heavy atom. The fraction of sp³-hybridized carbons (Fsp3) is 0.316. The molecule has 158 valence electrons. The maximum absolute atomic E-state index is 13.2. The van der Waals surface area contributed by atoms with Crippen molar-refractivity contribution in [1.82, 2.24) is 15.1 Å². The monoisotopic (exact) mass is 440 g/mol. The SMILES string of the molecule is CN1OC2C(=O)N(N(C)c3ncc(C(F)(F)F)cc3Cl)C(=O)C2C1c1ccccc1. The number of imide groups is 1. The van der Waals surface area contributed by atoms with E-state index in [4.69, 9.17) is 16.4 Å². The Bertz CT molecular complexity index is 1000. The lowest BCUT2D eigenvalue weighted by Gasteiger charge is -2.30. The van der Waals surface area contributed by atoms with E-state index in [0.717, 1.165) is 15.6 Å². The molecular formula is C19H16ClF3N4O3. The van der Waals surface area contributed by atoms with Gasteiger partial charge in [-0.15, -0.1) is 0 Å². The van der Waals surface area contributed by atoms with Gasteiger partial charge in [-0.3, -0.25) is 19.4 Å². The molecule has 0 radical (unpaired) electrons. The van der Waals surface area contributed by atoms with E-state index < -0.39 is 41.6 Å². The molecule has 2 aliphatic rings. The van der Waals surface area contributed by atoms with Gasteiger partial charge in [0.1, 0.15) is 0 Å². The Balaban J connectivity index is 1.66. The number of pyridine rings is 1. The van der Waals surface area contributed by atoms with Crippen LogP contribution < -0.4 is 5.01 Å². The molecule has 1 aromatic heterocycles. The first-order valence-electron chi connectivity index (χ1n) is 8.90. The van der Waals surface area contributed by atoms with Gasteiger partial charge in [-0.25, -0.2) is 4.98 Å². The summed E-state index contributed by atoms with van der Waals surface area (Å²) in [6.45, 7) is 0. The summed E-state index contributed by atoms with van der Waals surface area (Å²) in [7, 11) is 2.97. The molecule has 7 nitrogen and oxygen atoms in total. The third kappa shape index (κ3) is 3.21. The molecule has 2 aliphatic heterocycles. The third-order valence-corrected chi connectivity index (χ3v) is 5.46. The summed E-state index contributed by atoms with van der Waals surface area (Å²) in [6, 6.07) is 9.31. The van der Waals surface area contributed by atoms with E-state index in [1.165, 1.54) is 12.1 Å². The van der Waals surface area contributed by atoms with Crippen LogP contribution in [0.3, 0.4) is 0 Å². The van der Waals surface area contributed by atoms with E-state index >= 15 is 0 Å². The van der Waals surface area contributed by atoms with E-state index in [2.05, 4.69) is 4.98 Å².